The van der Waals surface area contributed by atoms with Crippen molar-refractivity contribution in [3.05, 3.63) is 102 Å². The van der Waals surface area contributed by atoms with Crippen molar-refractivity contribution >= 4 is 17.1 Å². The van der Waals surface area contributed by atoms with E-state index in [4.69, 9.17) is 9.98 Å². The van der Waals surface area contributed by atoms with E-state index < -0.39 is 5.54 Å². The first-order valence-corrected chi connectivity index (χ1v) is 12.8. The monoisotopic (exact) mass is 463 g/mol. The Labute approximate surface area is 208 Å². The van der Waals surface area contributed by atoms with Gasteiger partial charge in [0.15, 0.2) is 0 Å². The molecule has 2 aromatic carbocycles. The summed E-state index contributed by atoms with van der Waals surface area (Å²) in [7, 11) is 0. The largest absolute Gasteiger partial charge is 0.394 e. The lowest BCUT2D eigenvalue weighted by Gasteiger charge is -2.53. The molecule has 2 aliphatic heterocycles. The van der Waals surface area contributed by atoms with Gasteiger partial charge in [0, 0.05) is 17.5 Å². The summed E-state index contributed by atoms with van der Waals surface area (Å²) in [4.78, 5) is 12.9. The number of aliphatic hydroxyl groups is 1. The van der Waals surface area contributed by atoms with E-state index in [1.54, 1.807) is 0 Å². The van der Waals surface area contributed by atoms with E-state index in [9.17, 15) is 5.11 Å². The maximum absolute atomic E-state index is 9.79. The lowest BCUT2D eigenvalue weighted by atomic mass is 9.66. The molecule has 4 aliphatic rings. The Kier molecular flexibility index (Phi) is 5.37. The molecule has 6 rings (SSSR count). The van der Waals surface area contributed by atoms with Crippen LogP contribution in [-0.4, -0.2) is 39.2 Å². The number of allylic oxidation sites excluding steroid dienone is 4. The van der Waals surface area contributed by atoms with Gasteiger partial charge in [-0.25, -0.2) is 0 Å². The van der Waals surface area contributed by atoms with Crippen LogP contribution in [0.4, 0.5) is 0 Å². The van der Waals surface area contributed by atoms with Gasteiger partial charge >= 0.3 is 0 Å². The van der Waals surface area contributed by atoms with E-state index in [0.29, 0.717) is 11.8 Å². The Balaban J connectivity index is 1.56. The van der Waals surface area contributed by atoms with Crippen LogP contribution < -0.4 is 0 Å². The van der Waals surface area contributed by atoms with Crippen molar-refractivity contribution in [2.24, 2.45) is 15.9 Å². The third-order valence-corrected chi connectivity index (χ3v) is 7.89. The Morgan fingerprint density at radius 1 is 1.00 bits per heavy atom. The summed E-state index contributed by atoms with van der Waals surface area (Å²) in [5.41, 5.74) is 6.09. The summed E-state index contributed by atoms with van der Waals surface area (Å²) in [5.74, 6) is 0.728. The van der Waals surface area contributed by atoms with Crippen molar-refractivity contribution in [3.63, 3.8) is 0 Å². The number of rotatable bonds is 4. The predicted molar refractivity (Wildman–Crippen MR) is 143 cm³/mol. The molecule has 0 radical (unpaired) electrons. The zero-order chi connectivity index (χ0) is 24.0. The molecule has 4 nitrogen and oxygen atoms in total. The predicted octanol–water partition coefficient (Wildman–Crippen LogP) is 6.13. The van der Waals surface area contributed by atoms with E-state index in [1.807, 2.05) is 19.9 Å². The average Bonchev–Trinajstić information content (AvgIpc) is 3.21. The summed E-state index contributed by atoms with van der Waals surface area (Å²) in [6.45, 7) is 3.94. The zero-order valence-electron chi connectivity index (χ0n) is 20.6. The second kappa shape index (κ2) is 8.46. The summed E-state index contributed by atoms with van der Waals surface area (Å²) >= 11 is 0. The van der Waals surface area contributed by atoms with Crippen LogP contribution in [0, 0.1) is 5.92 Å². The van der Waals surface area contributed by atoms with Gasteiger partial charge < -0.3 is 10.0 Å². The van der Waals surface area contributed by atoms with Crippen LogP contribution in [0.15, 0.2) is 101 Å². The number of fused-ring (bicyclic) bond motifs is 2. The van der Waals surface area contributed by atoms with Gasteiger partial charge in [-0.2, -0.15) is 0 Å². The van der Waals surface area contributed by atoms with Crippen molar-refractivity contribution in [1.82, 2.24) is 4.90 Å². The quantitative estimate of drug-likeness (QED) is 0.554. The Morgan fingerprint density at radius 2 is 1.74 bits per heavy atom. The van der Waals surface area contributed by atoms with Crippen molar-refractivity contribution in [3.8, 4) is 0 Å². The number of aliphatic hydroxyl groups excluding tert-OH is 1. The Bertz CT molecular complexity index is 1270. The van der Waals surface area contributed by atoms with E-state index >= 15 is 0 Å². The van der Waals surface area contributed by atoms with Gasteiger partial charge in [-0.15, -0.1) is 0 Å². The van der Waals surface area contributed by atoms with Crippen LogP contribution in [0.25, 0.3) is 5.70 Å². The van der Waals surface area contributed by atoms with Gasteiger partial charge in [0.25, 0.3) is 0 Å². The Hall–Kier alpha value is -3.24. The molecule has 35 heavy (non-hydrogen) atoms. The van der Waals surface area contributed by atoms with Gasteiger partial charge in [0.2, 0.25) is 0 Å². The molecule has 0 amide bonds. The molecule has 0 unspecified atom stereocenters. The van der Waals surface area contributed by atoms with E-state index in [1.165, 1.54) is 36.1 Å². The van der Waals surface area contributed by atoms with Gasteiger partial charge in [0.05, 0.1) is 29.3 Å². The number of nitrogens with zero attached hydrogens (tertiary/aromatic N) is 3. The highest BCUT2D eigenvalue weighted by Crippen LogP contribution is 2.57. The normalized spacial score (nSPS) is 28.6. The highest BCUT2D eigenvalue weighted by atomic mass is 16.3. The number of aliphatic imine (C=N–C) groups is 2. The third-order valence-electron chi connectivity index (χ3n) is 7.89. The fourth-order valence-electron chi connectivity index (χ4n) is 6.29. The molecule has 3 atom stereocenters. The van der Waals surface area contributed by atoms with Crippen LogP contribution >= 0.6 is 0 Å². The van der Waals surface area contributed by atoms with Crippen LogP contribution in [-0.2, 0) is 0 Å². The van der Waals surface area contributed by atoms with E-state index in [0.717, 1.165) is 23.5 Å². The highest BCUT2D eigenvalue weighted by molar-refractivity contribution is 6.22. The molecular weight excluding hydrogens is 430 g/mol. The minimum absolute atomic E-state index is 0.0120. The van der Waals surface area contributed by atoms with Crippen LogP contribution in [0.3, 0.4) is 0 Å². The molecule has 1 N–H and O–H groups in total. The zero-order valence-corrected chi connectivity index (χ0v) is 20.6. The molecule has 0 aromatic heterocycles. The molecule has 0 bridgehead atoms. The molecule has 178 valence electrons. The summed E-state index contributed by atoms with van der Waals surface area (Å²) in [6, 6.07) is 21.7. The molecule has 1 fully saturated rings. The molecule has 2 aliphatic carbocycles. The molecule has 4 heteroatoms. The SMILES string of the molecule is CC(C)(CO)N=C1C=CC2=N[C@]34CCCC[C@@H]3[C@@H](c3ccccc3)C=C(c3ccccc3)N4C2=C1. The first kappa shape index (κ1) is 22.2. The summed E-state index contributed by atoms with van der Waals surface area (Å²) in [5, 5.41) is 9.79. The fraction of sp³-hybridized carbons (Fsp3) is 0.355. The second-order valence-corrected chi connectivity index (χ2v) is 10.8. The number of hydrogen-bond donors (Lipinski definition) is 1. The molecular formula is C31H33N3O. The maximum atomic E-state index is 9.79. The molecule has 1 spiro atoms. The lowest BCUT2D eigenvalue weighted by Crippen LogP contribution is -2.54. The van der Waals surface area contributed by atoms with Gasteiger partial charge in [-0.05, 0) is 62.5 Å². The third kappa shape index (κ3) is 3.71. The summed E-state index contributed by atoms with van der Waals surface area (Å²) < 4.78 is 0. The van der Waals surface area contributed by atoms with Crippen molar-refractivity contribution in [2.45, 2.75) is 56.7 Å². The van der Waals surface area contributed by atoms with Crippen molar-refractivity contribution in [2.75, 3.05) is 6.61 Å². The van der Waals surface area contributed by atoms with E-state index in [-0.39, 0.29) is 12.3 Å². The number of benzene rings is 2. The van der Waals surface area contributed by atoms with E-state index in [2.05, 4.69) is 83.8 Å². The topological polar surface area (TPSA) is 48.2 Å². The van der Waals surface area contributed by atoms with Gasteiger partial charge in [-0.3, -0.25) is 9.98 Å². The maximum Gasteiger partial charge on any atom is 0.140 e. The summed E-state index contributed by atoms with van der Waals surface area (Å²) in [6.07, 6.45) is 13.5. The first-order chi connectivity index (χ1) is 17.0. The molecule has 2 aromatic rings. The minimum Gasteiger partial charge on any atom is -0.394 e. The standard InChI is InChI=1S/C31H33N3O/c1-30(2,21-35)32-24-16-17-27-29(19-24)34-28(23-13-7-4-8-14-23)20-25(22-11-5-3-6-12-22)26-15-9-10-18-31(26,34)33-27/h3-8,11-14,16-17,19-20,25-26,35H,9-10,15,18,21H2,1-2H3/t25-,26-,31+/m1/s1. The molecule has 1 saturated carbocycles. The second-order valence-electron chi connectivity index (χ2n) is 10.8. The van der Waals surface area contributed by atoms with Crippen LogP contribution in [0.2, 0.25) is 0 Å². The average molecular weight is 464 g/mol. The molecule has 0 saturated heterocycles. The fourth-order valence-corrected chi connectivity index (χ4v) is 6.29. The highest BCUT2D eigenvalue weighted by Gasteiger charge is 2.56. The van der Waals surface area contributed by atoms with Crippen molar-refractivity contribution < 1.29 is 5.11 Å². The van der Waals surface area contributed by atoms with Gasteiger partial charge in [0.1, 0.15) is 5.66 Å². The van der Waals surface area contributed by atoms with Gasteiger partial charge in [-0.1, -0.05) is 73.2 Å². The van der Waals surface area contributed by atoms with Crippen molar-refractivity contribution in [1.29, 1.82) is 0 Å². The Morgan fingerprint density at radius 3 is 2.49 bits per heavy atom. The van der Waals surface area contributed by atoms with Crippen LogP contribution in [0.5, 0.6) is 0 Å². The molecule has 2 heterocycles. The smallest absolute Gasteiger partial charge is 0.140 e. The van der Waals surface area contributed by atoms with Crippen LogP contribution in [0.1, 0.15) is 56.6 Å². The minimum atomic E-state index is -0.520. The number of hydrogen-bond acceptors (Lipinski definition) is 4. The first-order valence-electron chi connectivity index (χ1n) is 12.8. The lowest BCUT2D eigenvalue weighted by molar-refractivity contribution is 0.0687.